The first-order valence-electron chi connectivity index (χ1n) is 8.12. The molecule has 0 saturated carbocycles. The molecule has 3 rings (SSSR count). The van der Waals surface area contributed by atoms with Crippen molar-refractivity contribution < 1.29 is 4.74 Å². The highest BCUT2D eigenvalue weighted by molar-refractivity contribution is 9.10. The van der Waals surface area contributed by atoms with E-state index in [9.17, 15) is 0 Å². The van der Waals surface area contributed by atoms with Crippen molar-refractivity contribution in [1.29, 1.82) is 0 Å². The minimum absolute atomic E-state index is 0.677. The fourth-order valence-electron chi connectivity index (χ4n) is 3.24. The van der Waals surface area contributed by atoms with Crippen LogP contribution >= 0.6 is 15.9 Å². The predicted octanol–water partition coefficient (Wildman–Crippen LogP) is 2.62. The highest BCUT2D eigenvalue weighted by Crippen LogP contribution is 2.22. The average molecular weight is 353 g/mol. The number of ether oxygens (including phenoxy) is 1. The predicted molar refractivity (Wildman–Crippen MR) is 89.8 cm³/mol. The van der Waals surface area contributed by atoms with Gasteiger partial charge in [0, 0.05) is 30.1 Å². The SMILES string of the molecule is Brc1cc(CC2CCCN2)ccc1CCN1CCOCC1. The molecule has 0 spiro atoms. The summed E-state index contributed by atoms with van der Waals surface area (Å²) in [6, 6.07) is 7.60. The molecule has 1 aromatic carbocycles. The summed E-state index contributed by atoms with van der Waals surface area (Å²) < 4.78 is 6.67. The molecule has 4 heteroatoms. The zero-order valence-corrected chi connectivity index (χ0v) is 14.2. The highest BCUT2D eigenvalue weighted by atomic mass is 79.9. The van der Waals surface area contributed by atoms with Gasteiger partial charge in [-0.2, -0.15) is 0 Å². The highest BCUT2D eigenvalue weighted by Gasteiger charge is 2.15. The first kappa shape index (κ1) is 15.5. The molecule has 2 fully saturated rings. The maximum absolute atomic E-state index is 5.40. The number of nitrogens with zero attached hydrogens (tertiary/aromatic N) is 1. The van der Waals surface area contributed by atoms with Gasteiger partial charge in [-0.25, -0.2) is 0 Å². The molecule has 1 aromatic rings. The lowest BCUT2D eigenvalue weighted by molar-refractivity contribution is 0.0384. The van der Waals surface area contributed by atoms with Crippen LogP contribution in [-0.2, 0) is 17.6 Å². The molecular formula is C17H25BrN2O. The summed E-state index contributed by atoms with van der Waals surface area (Å²) in [6.07, 6.45) is 4.91. The third-order valence-corrected chi connectivity index (χ3v) is 5.30. The number of nitrogens with one attached hydrogen (secondary N) is 1. The van der Waals surface area contributed by atoms with Crippen molar-refractivity contribution >= 4 is 15.9 Å². The first-order valence-corrected chi connectivity index (χ1v) is 8.91. The minimum Gasteiger partial charge on any atom is -0.379 e. The summed E-state index contributed by atoms with van der Waals surface area (Å²) in [7, 11) is 0. The van der Waals surface area contributed by atoms with Crippen LogP contribution in [0.1, 0.15) is 24.0 Å². The second-order valence-corrected chi connectivity index (χ2v) is 6.98. The molecule has 1 unspecified atom stereocenters. The Bertz CT molecular complexity index is 454. The van der Waals surface area contributed by atoms with E-state index in [1.54, 1.807) is 0 Å². The van der Waals surface area contributed by atoms with Gasteiger partial charge in [-0.1, -0.05) is 28.1 Å². The Labute approximate surface area is 136 Å². The Morgan fingerprint density at radius 2 is 2.14 bits per heavy atom. The molecule has 2 aliphatic rings. The molecule has 21 heavy (non-hydrogen) atoms. The number of benzene rings is 1. The molecule has 0 amide bonds. The maximum Gasteiger partial charge on any atom is 0.0594 e. The summed E-state index contributed by atoms with van der Waals surface area (Å²) in [4.78, 5) is 2.49. The largest absolute Gasteiger partial charge is 0.379 e. The quantitative estimate of drug-likeness (QED) is 0.881. The van der Waals surface area contributed by atoms with Crippen molar-refractivity contribution in [2.45, 2.75) is 31.7 Å². The van der Waals surface area contributed by atoms with Crippen molar-refractivity contribution in [3.8, 4) is 0 Å². The molecule has 2 heterocycles. The summed E-state index contributed by atoms with van der Waals surface area (Å²) in [5, 5.41) is 3.57. The maximum atomic E-state index is 5.40. The van der Waals surface area contributed by atoms with E-state index in [1.165, 1.54) is 35.0 Å². The van der Waals surface area contributed by atoms with Crippen LogP contribution in [-0.4, -0.2) is 50.3 Å². The molecule has 116 valence electrons. The van der Waals surface area contributed by atoms with E-state index in [1.807, 2.05) is 0 Å². The molecule has 1 atom stereocenters. The Morgan fingerprint density at radius 1 is 1.29 bits per heavy atom. The van der Waals surface area contributed by atoms with Crippen LogP contribution in [0.5, 0.6) is 0 Å². The van der Waals surface area contributed by atoms with E-state index in [0.717, 1.165) is 45.7 Å². The molecule has 1 N–H and O–H groups in total. The van der Waals surface area contributed by atoms with Gasteiger partial charge in [0.25, 0.3) is 0 Å². The molecule has 0 radical (unpaired) electrons. The molecule has 2 saturated heterocycles. The van der Waals surface area contributed by atoms with E-state index in [2.05, 4.69) is 44.3 Å². The Kier molecular flexibility index (Phi) is 5.69. The third-order valence-electron chi connectivity index (χ3n) is 4.56. The summed E-state index contributed by atoms with van der Waals surface area (Å²) in [5.41, 5.74) is 2.86. The van der Waals surface area contributed by atoms with Crippen molar-refractivity contribution in [3.63, 3.8) is 0 Å². The van der Waals surface area contributed by atoms with Gasteiger partial charge in [0.1, 0.15) is 0 Å². The second-order valence-electron chi connectivity index (χ2n) is 6.13. The summed E-state index contributed by atoms with van der Waals surface area (Å²) in [5.74, 6) is 0. The lowest BCUT2D eigenvalue weighted by atomic mass is 10.0. The molecular weight excluding hydrogens is 328 g/mol. The number of hydrogen-bond acceptors (Lipinski definition) is 3. The normalized spacial score (nSPS) is 23.6. The summed E-state index contributed by atoms with van der Waals surface area (Å²) in [6.45, 7) is 6.23. The Hall–Kier alpha value is -0.420. The van der Waals surface area contributed by atoms with E-state index < -0.39 is 0 Å². The first-order chi connectivity index (χ1) is 10.3. The third kappa shape index (κ3) is 4.52. The van der Waals surface area contributed by atoms with E-state index in [0.29, 0.717) is 6.04 Å². The summed E-state index contributed by atoms with van der Waals surface area (Å²) >= 11 is 3.76. The van der Waals surface area contributed by atoms with Gasteiger partial charge in [-0.3, -0.25) is 4.90 Å². The molecule has 0 bridgehead atoms. The topological polar surface area (TPSA) is 24.5 Å². The molecule has 2 aliphatic heterocycles. The van der Waals surface area contributed by atoms with Crippen LogP contribution in [0.3, 0.4) is 0 Å². The van der Waals surface area contributed by atoms with Gasteiger partial charge in [0.05, 0.1) is 13.2 Å². The number of hydrogen-bond donors (Lipinski definition) is 1. The lowest BCUT2D eigenvalue weighted by Crippen LogP contribution is -2.37. The minimum atomic E-state index is 0.677. The van der Waals surface area contributed by atoms with Crippen LogP contribution in [0.25, 0.3) is 0 Å². The van der Waals surface area contributed by atoms with E-state index in [4.69, 9.17) is 4.74 Å². The lowest BCUT2D eigenvalue weighted by Gasteiger charge is -2.26. The van der Waals surface area contributed by atoms with E-state index in [-0.39, 0.29) is 0 Å². The Morgan fingerprint density at radius 3 is 2.86 bits per heavy atom. The van der Waals surface area contributed by atoms with Gasteiger partial charge in [-0.05, 0) is 49.4 Å². The second kappa shape index (κ2) is 7.73. The van der Waals surface area contributed by atoms with Crippen LogP contribution in [0.4, 0.5) is 0 Å². The number of halogens is 1. The molecule has 3 nitrogen and oxygen atoms in total. The van der Waals surface area contributed by atoms with Gasteiger partial charge in [0.2, 0.25) is 0 Å². The van der Waals surface area contributed by atoms with Crippen LogP contribution in [0.15, 0.2) is 22.7 Å². The zero-order valence-electron chi connectivity index (χ0n) is 12.6. The molecule has 0 aromatic heterocycles. The van der Waals surface area contributed by atoms with Crippen LogP contribution < -0.4 is 5.32 Å². The van der Waals surface area contributed by atoms with Crippen molar-refractivity contribution in [2.24, 2.45) is 0 Å². The van der Waals surface area contributed by atoms with Gasteiger partial charge >= 0.3 is 0 Å². The number of rotatable bonds is 5. The van der Waals surface area contributed by atoms with E-state index >= 15 is 0 Å². The van der Waals surface area contributed by atoms with Crippen molar-refractivity contribution in [2.75, 3.05) is 39.4 Å². The monoisotopic (exact) mass is 352 g/mol. The van der Waals surface area contributed by atoms with Gasteiger partial charge in [-0.15, -0.1) is 0 Å². The average Bonchev–Trinajstić information content (AvgIpc) is 3.00. The van der Waals surface area contributed by atoms with Crippen LogP contribution in [0, 0.1) is 0 Å². The Balaban J connectivity index is 1.53. The van der Waals surface area contributed by atoms with Gasteiger partial charge in [0.15, 0.2) is 0 Å². The van der Waals surface area contributed by atoms with Gasteiger partial charge < -0.3 is 10.1 Å². The van der Waals surface area contributed by atoms with Crippen molar-refractivity contribution in [3.05, 3.63) is 33.8 Å². The smallest absolute Gasteiger partial charge is 0.0594 e. The van der Waals surface area contributed by atoms with Crippen LogP contribution in [0.2, 0.25) is 0 Å². The standard InChI is InChI=1S/C17H25BrN2O/c18-17-13-14(12-16-2-1-6-19-16)3-4-15(17)5-7-20-8-10-21-11-9-20/h3-4,13,16,19H,1-2,5-12H2. The van der Waals surface area contributed by atoms with Crippen molar-refractivity contribution in [1.82, 2.24) is 10.2 Å². The fourth-order valence-corrected chi connectivity index (χ4v) is 3.86. The molecule has 0 aliphatic carbocycles. The zero-order chi connectivity index (χ0) is 14.5. The number of morpholine rings is 1. The fraction of sp³-hybridized carbons (Fsp3) is 0.647.